The van der Waals surface area contributed by atoms with Crippen molar-refractivity contribution in [1.82, 2.24) is 4.72 Å². The first-order valence-electron chi connectivity index (χ1n) is 7.56. The summed E-state index contributed by atoms with van der Waals surface area (Å²) in [6.07, 6.45) is -4.48. The number of thiophene rings is 1. The number of ether oxygens (including phenoxy) is 2. The van der Waals surface area contributed by atoms with E-state index in [-0.39, 0.29) is 28.7 Å². The number of hydrogen-bond donors (Lipinski definition) is 1. The van der Waals surface area contributed by atoms with Gasteiger partial charge in [0.15, 0.2) is 0 Å². The Balaban J connectivity index is 1.91. The Labute approximate surface area is 163 Å². The molecule has 0 aliphatic rings. The number of esters is 1. The van der Waals surface area contributed by atoms with Gasteiger partial charge in [-0.2, -0.15) is 17.9 Å². The van der Waals surface area contributed by atoms with E-state index in [1.54, 1.807) is 0 Å². The van der Waals surface area contributed by atoms with Crippen LogP contribution in [-0.2, 0) is 20.9 Å². The molecule has 1 aromatic carbocycles. The standard InChI is InChI=1S/C17H14F3NO5S2/c1-25-16(22)15-14(7-10-27-15)28(23,24)21-8-2-3-9-26-13-6-4-5-12(11-13)17(18,19)20/h4-7,10-11,21H,8-9H2,1H3. The van der Waals surface area contributed by atoms with E-state index >= 15 is 0 Å². The van der Waals surface area contributed by atoms with Crippen molar-refractivity contribution in [3.8, 4) is 17.6 Å². The monoisotopic (exact) mass is 433 g/mol. The molecule has 0 spiro atoms. The van der Waals surface area contributed by atoms with E-state index in [2.05, 4.69) is 21.3 Å². The summed E-state index contributed by atoms with van der Waals surface area (Å²) in [5.74, 6) is 4.19. The predicted molar refractivity (Wildman–Crippen MR) is 95.6 cm³/mol. The molecule has 0 amide bonds. The summed E-state index contributed by atoms with van der Waals surface area (Å²) in [6, 6.07) is 5.59. The molecule has 11 heteroatoms. The van der Waals surface area contributed by atoms with Gasteiger partial charge in [-0.3, -0.25) is 0 Å². The Morgan fingerprint density at radius 3 is 2.68 bits per heavy atom. The van der Waals surface area contributed by atoms with Crippen LogP contribution < -0.4 is 9.46 Å². The van der Waals surface area contributed by atoms with Crippen LogP contribution in [0, 0.1) is 11.8 Å². The molecule has 0 aliphatic heterocycles. The number of sulfonamides is 1. The van der Waals surface area contributed by atoms with Crippen molar-refractivity contribution in [3.05, 3.63) is 46.2 Å². The molecule has 0 bridgehead atoms. The third-order valence-corrected chi connectivity index (χ3v) is 5.70. The molecule has 2 aromatic rings. The summed E-state index contributed by atoms with van der Waals surface area (Å²) in [7, 11) is -2.83. The summed E-state index contributed by atoms with van der Waals surface area (Å²) in [4.78, 5) is 11.3. The maximum absolute atomic E-state index is 12.6. The zero-order valence-corrected chi connectivity index (χ0v) is 16.0. The SMILES string of the molecule is COC(=O)c1sccc1S(=O)(=O)NCC#CCOc1cccc(C(F)(F)F)c1. The lowest BCUT2D eigenvalue weighted by Crippen LogP contribution is -2.25. The first-order valence-corrected chi connectivity index (χ1v) is 9.92. The summed E-state index contributed by atoms with van der Waals surface area (Å²) in [6.45, 7) is -0.500. The Hall–Kier alpha value is -2.55. The highest BCUT2D eigenvalue weighted by Gasteiger charge is 2.30. The van der Waals surface area contributed by atoms with Gasteiger partial charge in [-0.1, -0.05) is 17.9 Å². The molecule has 6 nitrogen and oxygen atoms in total. The Kier molecular flexibility index (Phi) is 7.06. The van der Waals surface area contributed by atoms with Crippen LogP contribution >= 0.6 is 11.3 Å². The second kappa shape index (κ2) is 9.09. The smallest absolute Gasteiger partial charge is 0.416 e. The van der Waals surface area contributed by atoms with Crippen molar-refractivity contribution >= 4 is 27.3 Å². The predicted octanol–water partition coefficient (Wildman–Crippen LogP) is 2.91. The molecule has 1 N–H and O–H groups in total. The molecular weight excluding hydrogens is 419 g/mol. The van der Waals surface area contributed by atoms with Gasteiger partial charge >= 0.3 is 12.1 Å². The molecule has 0 aliphatic carbocycles. The lowest BCUT2D eigenvalue weighted by molar-refractivity contribution is -0.137. The average Bonchev–Trinajstić information content (AvgIpc) is 3.14. The first-order chi connectivity index (χ1) is 13.1. The maximum atomic E-state index is 12.6. The van der Waals surface area contributed by atoms with Crippen LogP contribution in [0.3, 0.4) is 0 Å². The average molecular weight is 433 g/mol. The van der Waals surface area contributed by atoms with Crippen LogP contribution in [0.25, 0.3) is 0 Å². The second-order valence-electron chi connectivity index (χ2n) is 5.10. The molecule has 0 fully saturated rings. The van der Waals surface area contributed by atoms with Gasteiger partial charge in [-0.15, -0.1) is 11.3 Å². The number of hydrogen-bond acceptors (Lipinski definition) is 6. The third kappa shape index (κ3) is 5.72. The molecule has 0 atom stereocenters. The van der Waals surface area contributed by atoms with E-state index in [9.17, 15) is 26.4 Å². The first kappa shape index (κ1) is 21.7. The van der Waals surface area contributed by atoms with Crippen LogP contribution in [0.4, 0.5) is 13.2 Å². The Morgan fingerprint density at radius 1 is 1.25 bits per heavy atom. The van der Waals surface area contributed by atoms with Gasteiger partial charge in [-0.25, -0.2) is 13.2 Å². The number of carbonyl (C=O) groups is 1. The Bertz CT molecular complexity index is 1000. The summed E-state index contributed by atoms with van der Waals surface area (Å²) in [5.41, 5.74) is -0.845. The molecular formula is C17H14F3NO5S2. The van der Waals surface area contributed by atoms with Crippen molar-refractivity contribution in [2.45, 2.75) is 11.1 Å². The molecule has 150 valence electrons. The van der Waals surface area contributed by atoms with Gasteiger partial charge in [0.05, 0.1) is 19.2 Å². The lowest BCUT2D eigenvalue weighted by atomic mass is 10.2. The van der Waals surface area contributed by atoms with Crippen molar-refractivity contribution < 1.29 is 35.9 Å². The van der Waals surface area contributed by atoms with Gasteiger partial charge in [0.25, 0.3) is 0 Å². The number of halogens is 3. The minimum atomic E-state index is -4.48. The number of nitrogens with one attached hydrogen (secondary N) is 1. The number of alkyl halides is 3. The van der Waals surface area contributed by atoms with E-state index in [0.717, 1.165) is 30.6 Å². The highest BCUT2D eigenvalue weighted by molar-refractivity contribution is 7.89. The fraction of sp³-hybridized carbons (Fsp3) is 0.235. The highest BCUT2D eigenvalue weighted by atomic mass is 32.2. The zero-order chi connectivity index (χ0) is 20.8. The Morgan fingerprint density at radius 2 is 2.00 bits per heavy atom. The normalized spacial score (nSPS) is 11.4. The fourth-order valence-electron chi connectivity index (χ4n) is 1.95. The van der Waals surface area contributed by atoms with Crippen molar-refractivity contribution in [3.63, 3.8) is 0 Å². The summed E-state index contributed by atoms with van der Waals surface area (Å²) >= 11 is 0.927. The minimum Gasteiger partial charge on any atom is -0.481 e. The maximum Gasteiger partial charge on any atom is 0.416 e. The molecule has 0 radical (unpaired) electrons. The van der Waals surface area contributed by atoms with Gasteiger partial charge in [-0.05, 0) is 29.6 Å². The minimum absolute atomic E-state index is 0.00861. The summed E-state index contributed by atoms with van der Waals surface area (Å²) < 4.78 is 74.1. The van der Waals surface area contributed by atoms with Crippen LogP contribution in [-0.4, -0.2) is 34.6 Å². The zero-order valence-electron chi connectivity index (χ0n) is 14.4. The fourth-order valence-corrected chi connectivity index (χ4v) is 4.21. The van der Waals surface area contributed by atoms with Gasteiger partial charge in [0, 0.05) is 0 Å². The molecule has 28 heavy (non-hydrogen) atoms. The van der Waals surface area contributed by atoms with Crippen LogP contribution in [0.5, 0.6) is 5.75 Å². The van der Waals surface area contributed by atoms with Crippen molar-refractivity contribution in [2.75, 3.05) is 20.3 Å². The number of rotatable bonds is 6. The van der Waals surface area contributed by atoms with Gasteiger partial charge in [0.1, 0.15) is 22.1 Å². The molecule has 1 aromatic heterocycles. The van der Waals surface area contributed by atoms with Crippen molar-refractivity contribution in [2.24, 2.45) is 0 Å². The lowest BCUT2D eigenvalue weighted by Gasteiger charge is -2.08. The van der Waals surface area contributed by atoms with Crippen LogP contribution in [0.1, 0.15) is 15.2 Å². The molecule has 1 heterocycles. The molecule has 0 unspecified atom stereocenters. The topological polar surface area (TPSA) is 81.7 Å². The molecule has 0 saturated carbocycles. The summed E-state index contributed by atoms with van der Waals surface area (Å²) in [5, 5.41) is 1.44. The van der Waals surface area contributed by atoms with Gasteiger partial charge < -0.3 is 9.47 Å². The van der Waals surface area contributed by atoms with Gasteiger partial charge in [0.2, 0.25) is 10.0 Å². The van der Waals surface area contributed by atoms with E-state index in [4.69, 9.17) is 4.74 Å². The third-order valence-electron chi connectivity index (χ3n) is 3.24. The second-order valence-corrected chi connectivity index (χ2v) is 7.75. The molecule has 0 saturated heterocycles. The van der Waals surface area contributed by atoms with E-state index in [1.807, 2.05) is 0 Å². The highest BCUT2D eigenvalue weighted by Crippen LogP contribution is 2.31. The van der Waals surface area contributed by atoms with E-state index in [1.165, 1.54) is 23.6 Å². The molecule has 2 rings (SSSR count). The van der Waals surface area contributed by atoms with Crippen LogP contribution in [0.15, 0.2) is 40.6 Å². The number of methoxy groups -OCH3 is 1. The van der Waals surface area contributed by atoms with Crippen molar-refractivity contribution in [1.29, 1.82) is 0 Å². The van der Waals surface area contributed by atoms with E-state index < -0.39 is 27.7 Å². The quantitative estimate of drug-likeness (QED) is 0.560. The largest absolute Gasteiger partial charge is 0.481 e. The number of benzene rings is 1. The van der Waals surface area contributed by atoms with Crippen LogP contribution in [0.2, 0.25) is 0 Å². The van der Waals surface area contributed by atoms with E-state index in [0.29, 0.717) is 0 Å². The number of carbonyl (C=O) groups excluding carboxylic acids is 1.